The summed E-state index contributed by atoms with van der Waals surface area (Å²) in [6.07, 6.45) is 0.0172. The molecule has 29 heavy (non-hydrogen) atoms. The Hall–Kier alpha value is -2.43. The number of aliphatic carboxylic acids is 1. The molecular weight excluding hydrogens is 400 g/mol. The molecule has 4 N–H and O–H groups in total. The van der Waals surface area contributed by atoms with Crippen molar-refractivity contribution in [2.24, 2.45) is 0 Å². The lowest BCUT2D eigenvalue weighted by Gasteiger charge is -2.24. The lowest BCUT2D eigenvalue weighted by atomic mass is 10.0. The number of Topliss-reactive ketones (excluding diaryl/α,β-unsaturated/α-hetero) is 1. The van der Waals surface area contributed by atoms with Crippen molar-refractivity contribution in [1.29, 1.82) is 0 Å². The van der Waals surface area contributed by atoms with Gasteiger partial charge in [-0.15, -0.1) is 11.8 Å². The number of carbonyl (C=O) groups is 4. The zero-order valence-electron chi connectivity index (χ0n) is 16.1. The molecule has 1 saturated heterocycles. The zero-order chi connectivity index (χ0) is 21.6. The molecule has 0 saturated carbocycles. The van der Waals surface area contributed by atoms with Crippen LogP contribution in [0.15, 0.2) is 30.3 Å². The number of hydrogen-bond acceptors (Lipinski definition) is 8. The van der Waals surface area contributed by atoms with Crippen molar-refractivity contribution in [2.45, 2.75) is 42.5 Å². The fourth-order valence-electron chi connectivity index (χ4n) is 2.88. The predicted octanol–water partition coefficient (Wildman–Crippen LogP) is -0.287. The summed E-state index contributed by atoms with van der Waals surface area (Å²) in [5.74, 6) is -3.11. The van der Waals surface area contributed by atoms with E-state index in [1.165, 1.54) is 11.8 Å². The second-order valence-corrected chi connectivity index (χ2v) is 8.89. The van der Waals surface area contributed by atoms with Crippen LogP contribution in [0.1, 0.15) is 19.4 Å². The van der Waals surface area contributed by atoms with E-state index in [1.54, 1.807) is 38.1 Å². The van der Waals surface area contributed by atoms with E-state index in [-0.39, 0.29) is 6.42 Å². The molecular formula is C19H24N2O7S. The van der Waals surface area contributed by atoms with Gasteiger partial charge in [-0.2, -0.15) is 0 Å². The zero-order valence-corrected chi connectivity index (χ0v) is 16.9. The maximum absolute atomic E-state index is 12.6. The van der Waals surface area contributed by atoms with Crippen molar-refractivity contribution >= 4 is 35.4 Å². The molecule has 0 bridgehead atoms. The summed E-state index contributed by atoms with van der Waals surface area (Å²) in [7, 11) is 0. The first-order chi connectivity index (χ1) is 13.6. The van der Waals surface area contributed by atoms with Gasteiger partial charge in [-0.25, -0.2) is 4.79 Å². The van der Waals surface area contributed by atoms with Crippen LogP contribution in [0, 0.1) is 0 Å². The number of rotatable bonds is 9. The van der Waals surface area contributed by atoms with E-state index in [4.69, 9.17) is 9.84 Å². The van der Waals surface area contributed by atoms with E-state index >= 15 is 0 Å². The number of benzene rings is 1. The van der Waals surface area contributed by atoms with E-state index in [2.05, 4.69) is 10.6 Å². The number of ether oxygens (including phenoxy) is 1. The van der Waals surface area contributed by atoms with Crippen LogP contribution in [0.2, 0.25) is 0 Å². The van der Waals surface area contributed by atoms with Gasteiger partial charge in [0.2, 0.25) is 5.91 Å². The Bertz CT molecular complexity index is 769. The maximum atomic E-state index is 12.6. The Kier molecular flexibility index (Phi) is 7.77. The highest BCUT2D eigenvalue weighted by atomic mass is 32.2. The Morgan fingerprint density at radius 2 is 1.90 bits per heavy atom. The molecule has 0 radical (unpaired) electrons. The standard InChI is InChI=1S/C19H24N2O7S/c1-19(2)15(17(25)26)21-16(29-19)14(18(27)28-10-12(23)9-22)20-13(24)8-11-6-4-3-5-7-11/h3-7,14-16,21-22H,8-10H2,1-2H3,(H,20,24)(H,25,26)/t14-,15-,16+/m0/s1. The summed E-state index contributed by atoms with van der Waals surface area (Å²) in [5, 5.41) is 22.9. The van der Waals surface area contributed by atoms with E-state index in [1.807, 2.05) is 6.07 Å². The molecule has 1 heterocycles. The number of ketones is 1. The van der Waals surface area contributed by atoms with Crippen molar-refractivity contribution in [3.63, 3.8) is 0 Å². The number of nitrogens with one attached hydrogen (secondary N) is 2. The topological polar surface area (TPSA) is 142 Å². The van der Waals surface area contributed by atoms with Gasteiger partial charge in [0.1, 0.15) is 12.6 Å². The number of amides is 1. The van der Waals surface area contributed by atoms with Gasteiger partial charge in [0.15, 0.2) is 18.4 Å². The molecule has 10 heteroatoms. The molecule has 9 nitrogen and oxygen atoms in total. The SMILES string of the molecule is CC1(C)S[C@H]([C@H](NC(=O)Cc2ccccc2)C(=O)OCC(=O)CO)N[C@H]1C(=O)O. The number of aliphatic hydroxyl groups is 1. The Balaban J connectivity index is 2.15. The molecule has 1 aliphatic heterocycles. The van der Waals surface area contributed by atoms with Crippen LogP contribution in [0.5, 0.6) is 0 Å². The number of thioether (sulfide) groups is 1. The van der Waals surface area contributed by atoms with Gasteiger partial charge in [-0.05, 0) is 19.4 Å². The van der Waals surface area contributed by atoms with Gasteiger partial charge < -0.3 is 20.3 Å². The minimum Gasteiger partial charge on any atom is -0.480 e. The highest BCUT2D eigenvalue weighted by Gasteiger charge is 2.49. The summed E-state index contributed by atoms with van der Waals surface area (Å²) < 4.78 is 4.17. The van der Waals surface area contributed by atoms with Gasteiger partial charge in [0.05, 0.1) is 11.8 Å². The quantitative estimate of drug-likeness (QED) is 0.393. The molecule has 0 aromatic heterocycles. The maximum Gasteiger partial charge on any atom is 0.331 e. The molecule has 1 fully saturated rings. The van der Waals surface area contributed by atoms with Crippen LogP contribution in [-0.4, -0.2) is 69.3 Å². The molecule has 1 aromatic carbocycles. The fourth-order valence-corrected chi connectivity index (χ4v) is 4.36. The Morgan fingerprint density at radius 1 is 1.24 bits per heavy atom. The summed E-state index contributed by atoms with van der Waals surface area (Å²) in [6, 6.07) is 6.74. The van der Waals surface area contributed by atoms with Crippen molar-refractivity contribution in [2.75, 3.05) is 13.2 Å². The normalized spacial score (nSPS) is 21.2. The van der Waals surface area contributed by atoms with Crippen LogP contribution < -0.4 is 10.6 Å². The van der Waals surface area contributed by atoms with Crippen LogP contribution in [0.25, 0.3) is 0 Å². The van der Waals surface area contributed by atoms with Crippen LogP contribution in [0.3, 0.4) is 0 Å². The number of carboxylic acids is 1. The van der Waals surface area contributed by atoms with Crippen LogP contribution >= 0.6 is 11.8 Å². The monoisotopic (exact) mass is 424 g/mol. The average molecular weight is 424 g/mol. The number of hydrogen-bond donors (Lipinski definition) is 4. The molecule has 0 spiro atoms. The highest BCUT2D eigenvalue weighted by molar-refractivity contribution is 8.01. The fraction of sp³-hybridized carbons (Fsp3) is 0.474. The molecule has 158 valence electrons. The largest absolute Gasteiger partial charge is 0.480 e. The number of esters is 1. The van der Waals surface area contributed by atoms with E-state index in [0.29, 0.717) is 0 Å². The molecule has 0 aliphatic carbocycles. The first kappa shape index (κ1) is 22.9. The van der Waals surface area contributed by atoms with Crippen LogP contribution in [-0.2, 0) is 30.3 Å². The first-order valence-corrected chi connectivity index (χ1v) is 9.81. The average Bonchev–Trinajstić information content (AvgIpc) is 2.99. The van der Waals surface area contributed by atoms with E-state index in [0.717, 1.165) is 5.56 Å². The lowest BCUT2D eigenvalue weighted by Crippen LogP contribution is -2.54. The summed E-state index contributed by atoms with van der Waals surface area (Å²) in [5.41, 5.74) is 0.739. The number of carbonyl (C=O) groups excluding carboxylic acids is 3. The number of aliphatic hydroxyl groups excluding tert-OH is 1. The van der Waals surface area contributed by atoms with Crippen molar-refractivity contribution < 1.29 is 34.1 Å². The van der Waals surface area contributed by atoms with Gasteiger partial charge in [-0.1, -0.05) is 30.3 Å². The third-order valence-corrected chi connectivity index (χ3v) is 5.84. The van der Waals surface area contributed by atoms with Crippen molar-refractivity contribution in [1.82, 2.24) is 10.6 Å². The van der Waals surface area contributed by atoms with Crippen molar-refractivity contribution in [3.05, 3.63) is 35.9 Å². The minimum atomic E-state index is -1.22. The number of carboxylic acid groups (broad SMARTS) is 1. The minimum absolute atomic E-state index is 0.0172. The first-order valence-electron chi connectivity index (χ1n) is 8.93. The predicted molar refractivity (Wildman–Crippen MR) is 105 cm³/mol. The van der Waals surface area contributed by atoms with Crippen LogP contribution in [0.4, 0.5) is 0 Å². The molecule has 1 aromatic rings. The third-order valence-electron chi connectivity index (χ3n) is 4.34. The summed E-state index contributed by atoms with van der Waals surface area (Å²) in [6.45, 7) is 2.02. The van der Waals surface area contributed by atoms with Crippen molar-refractivity contribution in [3.8, 4) is 0 Å². The second-order valence-electron chi connectivity index (χ2n) is 7.09. The second kappa shape index (κ2) is 9.86. The third kappa shape index (κ3) is 6.28. The summed E-state index contributed by atoms with van der Waals surface area (Å²) in [4.78, 5) is 47.8. The van der Waals surface area contributed by atoms with Gasteiger partial charge >= 0.3 is 11.9 Å². The molecule has 1 aliphatic rings. The molecule has 1 amide bonds. The highest BCUT2D eigenvalue weighted by Crippen LogP contribution is 2.39. The smallest absolute Gasteiger partial charge is 0.331 e. The van der Waals surface area contributed by atoms with E-state index < -0.39 is 59.0 Å². The summed E-state index contributed by atoms with van der Waals surface area (Å²) >= 11 is 1.19. The van der Waals surface area contributed by atoms with Gasteiger partial charge in [-0.3, -0.25) is 19.7 Å². The molecule has 2 rings (SSSR count). The Labute approximate surface area is 172 Å². The van der Waals surface area contributed by atoms with Gasteiger partial charge in [0, 0.05) is 4.75 Å². The Morgan fingerprint density at radius 3 is 2.45 bits per heavy atom. The lowest BCUT2D eigenvalue weighted by molar-refractivity contribution is -0.152. The van der Waals surface area contributed by atoms with Gasteiger partial charge in [0.25, 0.3) is 0 Å². The molecule has 0 unspecified atom stereocenters. The molecule has 3 atom stereocenters. The van der Waals surface area contributed by atoms with E-state index in [9.17, 15) is 24.3 Å².